The van der Waals surface area contributed by atoms with Crippen molar-refractivity contribution in [2.75, 3.05) is 13.0 Å². The van der Waals surface area contributed by atoms with E-state index in [-0.39, 0.29) is 5.94 Å². The van der Waals surface area contributed by atoms with E-state index in [9.17, 15) is 4.53 Å². The van der Waals surface area contributed by atoms with Gasteiger partial charge in [0, 0.05) is 7.11 Å². The Balaban J connectivity index is 2.34. The quantitative estimate of drug-likeness (QED) is 0.310. The summed E-state index contributed by atoms with van der Waals surface area (Å²) in [6, 6.07) is 0. The van der Waals surface area contributed by atoms with Crippen molar-refractivity contribution in [1.82, 2.24) is 0 Å². The number of methoxy groups -OCH3 is 1. The lowest BCUT2D eigenvalue weighted by atomic mass is 11.5. The summed E-state index contributed by atoms with van der Waals surface area (Å²) in [4.78, 5) is 0. The molecular weight excluding hydrogens is 107 g/mol. The van der Waals surface area contributed by atoms with Gasteiger partial charge in [0.1, 0.15) is 5.94 Å². The van der Waals surface area contributed by atoms with Crippen LogP contribution in [0.15, 0.2) is 0 Å². The average molecular weight is 112 g/mol. The molecule has 0 N–H and O–H groups in total. The van der Waals surface area contributed by atoms with Crippen LogP contribution in [0.1, 0.15) is 0 Å². The van der Waals surface area contributed by atoms with Crippen molar-refractivity contribution in [3.8, 4) is 0 Å². The highest BCUT2D eigenvalue weighted by Crippen LogP contribution is 1.99. The zero-order valence-electron chi connectivity index (χ0n) is 3.31. The molecule has 0 saturated carbocycles. The van der Waals surface area contributed by atoms with Gasteiger partial charge in [-0.25, -0.2) is 0 Å². The summed E-state index contributed by atoms with van der Waals surface area (Å²) in [6.45, 7) is 0. The lowest BCUT2D eigenvalue weighted by Crippen LogP contribution is -1.77. The third kappa shape index (κ3) is 4.20. The standard InChI is InChI=1S/C2H5FO2S/c1-4-2-6-5-3/h2H2,1H3. The van der Waals surface area contributed by atoms with Crippen molar-refractivity contribution in [2.24, 2.45) is 0 Å². The molecule has 0 aliphatic heterocycles. The molecule has 0 aliphatic rings. The van der Waals surface area contributed by atoms with Crippen LogP contribution in [0.4, 0.5) is 4.53 Å². The van der Waals surface area contributed by atoms with Gasteiger partial charge in [0.15, 0.2) is 0 Å². The summed E-state index contributed by atoms with van der Waals surface area (Å²) in [5.41, 5.74) is 0. The molecule has 0 amide bonds. The lowest BCUT2D eigenvalue weighted by Gasteiger charge is -1.85. The molecule has 0 bridgehead atoms. The molecule has 0 fully saturated rings. The van der Waals surface area contributed by atoms with Crippen molar-refractivity contribution < 1.29 is 13.7 Å². The van der Waals surface area contributed by atoms with E-state index in [1.54, 1.807) is 0 Å². The summed E-state index contributed by atoms with van der Waals surface area (Å²) in [5, 5.41) is 0. The molecule has 0 saturated heterocycles. The Hall–Kier alpha value is 0.200. The summed E-state index contributed by atoms with van der Waals surface area (Å²) in [6.07, 6.45) is 0. The molecule has 0 radical (unpaired) electrons. The SMILES string of the molecule is COCSOF. The van der Waals surface area contributed by atoms with Gasteiger partial charge in [0.2, 0.25) is 0 Å². The average Bonchev–Trinajstić information content (AvgIpc) is 1.61. The van der Waals surface area contributed by atoms with E-state index >= 15 is 0 Å². The van der Waals surface area contributed by atoms with Crippen LogP contribution in [0.5, 0.6) is 0 Å². The van der Waals surface area contributed by atoms with Gasteiger partial charge in [-0.1, -0.05) is 0 Å². The highest BCUT2D eigenvalue weighted by Gasteiger charge is 1.78. The highest BCUT2D eigenvalue weighted by molar-refractivity contribution is 7.94. The van der Waals surface area contributed by atoms with E-state index in [1.165, 1.54) is 7.11 Å². The zero-order valence-corrected chi connectivity index (χ0v) is 4.13. The van der Waals surface area contributed by atoms with Gasteiger partial charge < -0.3 is 4.74 Å². The van der Waals surface area contributed by atoms with Crippen LogP contribution >= 0.6 is 12.0 Å². The first-order chi connectivity index (χ1) is 2.91. The smallest absolute Gasteiger partial charge is 0.121 e. The third-order valence-electron chi connectivity index (χ3n) is 0.211. The maximum absolute atomic E-state index is 10.6. The van der Waals surface area contributed by atoms with E-state index in [1.807, 2.05) is 0 Å². The molecule has 0 aromatic carbocycles. The van der Waals surface area contributed by atoms with Crippen LogP contribution in [-0.4, -0.2) is 13.0 Å². The molecular formula is C2H5FO2S. The predicted octanol–water partition coefficient (Wildman–Crippen LogP) is 1.14. The third-order valence-corrected chi connectivity index (χ3v) is 0.632. The van der Waals surface area contributed by atoms with E-state index < -0.39 is 0 Å². The van der Waals surface area contributed by atoms with Gasteiger partial charge in [0.25, 0.3) is 0 Å². The van der Waals surface area contributed by atoms with Crippen LogP contribution in [0.3, 0.4) is 0 Å². The monoisotopic (exact) mass is 112 g/mol. The predicted molar refractivity (Wildman–Crippen MR) is 21.7 cm³/mol. The number of hydrogen-bond acceptors (Lipinski definition) is 3. The Morgan fingerprint density at radius 3 is 2.67 bits per heavy atom. The molecule has 0 aliphatic carbocycles. The van der Waals surface area contributed by atoms with Crippen LogP contribution in [-0.2, 0) is 9.12 Å². The molecule has 0 aromatic heterocycles. The second-order valence-electron chi connectivity index (χ2n) is 0.587. The van der Waals surface area contributed by atoms with Crippen molar-refractivity contribution in [3.63, 3.8) is 0 Å². The Bertz CT molecular complexity index is 23.5. The van der Waals surface area contributed by atoms with E-state index in [2.05, 4.69) is 9.12 Å². The first-order valence-electron chi connectivity index (χ1n) is 1.31. The Labute approximate surface area is 39.7 Å². The molecule has 0 aromatic rings. The summed E-state index contributed by atoms with van der Waals surface area (Å²) >= 11 is 0.619. The summed E-state index contributed by atoms with van der Waals surface area (Å²) in [7, 11) is 1.46. The molecule has 0 rings (SSSR count). The fourth-order valence-electron chi connectivity index (χ4n) is 0.0663. The minimum Gasteiger partial charge on any atom is -0.372 e. The minimum absolute atomic E-state index is 0.233. The maximum atomic E-state index is 10.6. The van der Waals surface area contributed by atoms with Crippen LogP contribution in [0.2, 0.25) is 0 Å². The van der Waals surface area contributed by atoms with Gasteiger partial charge in [-0.15, -0.1) is 4.39 Å². The second-order valence-corrected chi connectivity index (χ2v) is 1.18. The molecule has 0 heterocycles. The fraction of sp³-hybridized carbons (Fsp3) is 1.00. The fourth-order valence-corrected chi connectivity index (χ4v) is 0.199. The van der Waals surface area contributed by atoms with Gasteiger partial charge in [-0.05, 0) is 4.53 Å². The Kier molecular flexibility index (Phi) is 5.37. The largest absolute Gasteiger partial charge is 0.372 e. The first-order valence-corrected chi connectivity index (χ1v) is 2.22. The van der Waals surface area contributed by atoms with Crippen molar-refractivity contribution in [1.29, 1.82) is 0 Å². The number of ether oxygens (including phenoxy) is 1. The summed E-state index contributed by atoms with van der Waals surface area (Å²) in [5.74, 6) is 0.233. The zero-order chi connectivity index (χ0) is 4.83. The first kappa shape index (κ1) is 6.20. The Morgan fingerprint density at radius 2 is 2.50 bits per heavy atom. The number of halogens is 1. The number of hydrogen-bond donors (Lipinski definition) is 0. The Morgan fingerprint density at radius 1 is 1.83 bits per heavy atom. The summed E-state index contributed by atoms with van der Waals surface area (Å²) < 4.78 is 18.0. The van der Waals surface area contributed by atoms with E-state index in [0.717, 1.165) is 0 Å². The van der Waals surface area contributed by atoms with E-state index in [4.69, 9.17) is 0 Å². The van der Waals surface area contributed by atoms with Crippen LogP contribution in [0.25, 0.3) is 0 Å². The van der Waals surface area contributed by atoms with Crippen molar-refractivity contribution in [3.05, 3.63) is 0 Å². The molecule has 0 atom stereocenters. The van der Waals surface area contributed by atoms with Gasteiger partial charge in [-0.3, -0.25) is 0 Å². The van der Waals surface area contributed by atoms with Crippen LogP contribution < -0.4 is 0 Å². The molecule has 38 valence electrons. The number of rotatable bonds is 3. The van der Waals surface area contributed by atoms with Crippen molar-refractivity contribution >= 4 is 12.0 Å². The molecule has 0 spiro atoms. The van der Waals surface area contributed by atoms with Gasteiger partial charge in [0.05, 0.1) is 12.0 Å². The topological polar surface area (TPSA) is 18.5 Å². The maximum Gasteiger partial charge on any atom is 0.121 e. The molecule has 2 nitrogen and oxygen atoms in total. The van der Waals surface area contributed by atoms with Crippen LogP contribution in [0, 0.1) is 0 Å². The minimum atomic E-state index is 0.233. The van der Waals surface area contributed by atoms with Crippen molar-refractivity contribution in [2.45, 2.75) is 0 Å². The van der Waals surface area contributed by atoms with E-state index in [0.29, 0.717) is 12.0 Å². The molecule has 6 heavy (non-hydrogen) atoms. The molecule has 4 heteroatoms. The highest BCUT2D eigenvalue weighted by atomic mass is 32.2. The second kappa shape index (κ2) is 5.20. The van der Waals surface area contributed by atoms with Gasteiger partial charge in [-0.2, -0.15) is 0 Å². The lowest BCUT2D eigenvalue weighted by molar-refractivity contribution is 0.0196. The van der Waals surface area contributed by atoms with Gasteiger partial charge >= 0.3 is 0 Å². The normalized spacial score (nSPS) is 9.00. The molecule has 0 unspecified atom stereocenters.